The molecule has 1 saturated carbocycles. The Kier molecular flexibility index (Phi) is 9.01. The highest BCUT2D eigenvalue weighted by atomic mass is 15.1. The molecule has 0 saturated heterocycles. The van der Waals surface area contributed by atoms with Crippen LogP contribution in [0.2, 0.25) is 0 Å². The van der Waals surface area contributed by atoms with Crippen LogP contribution >= 0.6 is 0 Å². The van der Waals surface area contributed by atoms with E-state index in [1.54, 1.807) is 0 Å². The fourth-order valence-electron chi connectivity index (χ4n) is 11.3. The van der Waals surface area contributed by atoms with Crippen LogP contribution in [0, 0.1) is 0 Å². The Hall–Kier alpha value is -6.44. The summed E-state index contributed by atoms with van der Waals surface area (Å²) in [5.41, 5.74) is 23.2. The van der Waals surface area contributed by atoms with Gasteiger partial charge in [-0.2, -0.15) is 0 Å². The molecule has 11 rings (SSSR count). The molecule has 3 aliphatic rings. The molecule has 0 aliphatic heterocycles. The van der Waals surface area contributed by atoms with Crippen molar-refractivity contribution in [1.82, 2.24) is 0 Å². The lowest BCUT2D eigenvalue weighted by molar-refractivity contribution is 0.443. The fraction of sp³-hybridized carbons (Fsp3) is 0.200. The molecule has 1 fully saturated rings. The van der Waals surface area contributed by atoms with Crippen LogP contribution in [0.4, 0.5) is 17.1 Å². The lowest BCUT2D eigenvalue weighted by Crippen LogP contribution is -2.18. The van der Waals surface area contributed by atoms with Gasteiger partial charge in [-0.15, -0.1) is 0 Å². The van der Waals surface area contributed by atoms with Crippen molar-refractivity contribution in [3.05, 3.63) is 210 Å². The largest absolute Gasteiger partial charge is 0.310 e. The van der Waals surface area contributed by atoms with E-state index in [-0.39, 0.29) is 10.8 Å². The quantitative estimate of drug-likeness (QED) is 0.155. The lowest BCUT2D eigenvalue weighted by Gasteiger charge is -2.30. The molecule has 3 aliphatic carbocycles. The summed E-state index contributed by atoms with van der Waals surface area (Å²) in [5.74, 6) is 0.684. The van der Waals surface area contributed by atoms with E-state index in [0.717, 1.165) is 11.4 Å². The van der Waals surface area contributed by atoms with Crippen molar-refractivity contribution >= 4 is 17.1 Å². The minimum Gasteiger partial charge on any atom is -0.310 e. The third-order valence-electron chi connectivity index (χ3n) is 14.5. The van der Waals surface area contributed by atoms with E-state index in [1.165, 1.54) is 121 Å². The van der Waals surface area contributed by atoms with Crippen LogP contribution in [0.3, 0.4) is 0 Å². The number of rotatable bonds is 7. The number of para-hydroxylation sites is 1. The van der Waals surface area contributed by atoms with E-state index in [4.69, 9.17) is 0 Å². The monoisotopic (exact) mass is 787 g/mol. The number of fused-ring (bicyclic) bond motifs is 6. The van der Waals surface area contributed by atoms with E-state index in [9.17, 15) is 0 Å². The van der Waals surface area contributed by atoms with Crippen molar-refractivity contribution in [2.45, 2.75) is 76.5 Å². The Labute approximate surface area is 362 Å². The minimum absolute atomic E-state index is 0.0141. The second kappa shape index (κ2) is 14.6. The summed E-state index contributed by atoms with van der Waals surface area (Å²) in [4.78, 5) is 2.49. The van der Waals surface area contributed by atoms with E-state index in [2.05, 4.69) is 215 Å². The third kappa shape index (κ3) is 6.20. The minimum atomic E-state index is -0.231. The predicted molar refractivity (Wildman–Crippen MR) is 258 cm³/mol. The molecule has 8 aromatic rings. The normalized spacial score (nSPS) is 15.7. The van der Waals surface area contributed by atoms with Gasteiger partial charge in [-0.3, -0.25) is 0 Å². The average Bonchev–Trinajstić information content (AvgIpc) is 3.69. The molecule has 1 heteroatoms. The second-order valence-electron chi connectivity index (χ2n) is 18.7. The van der Waals surface area contributed by atoms with Gasteiger partial charge in [-0.25, -0.2) is 0 Å². The van der Waals surface area contributed by atoms with Crippen LogP contribution in [-0.4, -0.2) is 0 Å². The van der Waals surface area contributed by atoms with Crippen molar-refractivity contribution in [3.8, 4) is 55.6 Å². The van der Waals surface area contributed by atoms with Crippen LogP contribution < -0.4 is 4.90 Å². The number of benzene rings is 8. The van der Waals surface area contributed by atoms with Crippen LogP contribution in [-0.2, 0) is 10.8 Å². The Balaban J connectivity index is 1.02. The van der Waals surface area contributed by atoms with Crippen molar-refractivity contribution in [1.29, 1.82) is 0 Å². The summed E-state index contributed by atoms with van der Waals surface area (Å²) in [6.45, 7) is 9.58. The molecule has 0 heterocycles. The molecule has 0 unspecified atom stereocenters. The zero-order chi connectivity index (χ0) is 41.3. The van der Waals surface area contributed by atoms with Gasteiger partial charge in [-0.05, 0) is 133 Å². The standard InChI is InChI=1S/C60H53N/c1-59(2)54-24-13-11-21-50(54)53-38-45(32-37-55(53)59)49-22-15-23-52-51-36-35-47(39-56(51)60(3,4)58(49)52)61(46-33-30-43(31-34-46)41-18-9-6-10-19-41)57-25-14-12-20-48(57)44-28-26-42(27-29-44)40-16-7-5-8-17-40/h6,9-15,18-40H,5,7-8,16-17H2,1-4H3. The van der Waals surface area contributed by atoms with Crippen LogP contribution in [0.25, 0.3) is 55.6 Å². The summed E-state index contributed by atoms with van der Waals surface area (Å²) in [6, 6.07) is 68.7. The fourth-order valence-corrected chi connectivity index (χ4v) is 11.3. The second-order valence-corrected chi connectivity index (χ2v) is 18.7. The highest BCUT2D eigenvalue weighted by molar-refractivity contribution is 5.94. The first-order valence-electron chi connectivity index (χ1n) is 22.5. The average molecular weight is 788 g/mol. The molecule has 61 heavy (non-hydrogen) atoms. The summed E-state index contributed by atoms with van der Waals surface area (Å²) >= 11 is 0. The van der Waals surface area contributed by atoms with Gasteiger partial charge in [-0.1, -0.05) is 193 Å². The molecular formula is C60H53N. The Bertz CT molecular complexity index is 2920. The van der Waals surface area contributed by atoms with Crippen molar-refractivity contribution in [2.75, 3.05) is 4.90 Å². The molecule has 0 N–H and O–H groups in total. The lowest BCUT2D eigenvalue weighted by atomic mass is 9.78. The number of anilines is 3. The maximum atomic E-state index is 2.49. The summed E-state index contributed by atoms with van der Waals surface area (Å²) < 4.78 is 0. The zero-order valence-corrected chi connectivity index (χ0v) is 35.9. The predicted octanol–water partition coefficient (Wildman–Crippen LogP) is 16.8. The highest BCUT2D eigenvalue weighted by Crippen LogP contribution is 2.56. The molecule has 0 amide bonds. The van der Waals surface area contributed by atoms with Gasteiger partial charge in [0.25, 0.3) is 0 Å². The first-order valence-corrected chi connectivity index (χ1v) is 22.5. The first-order chi connectivity index (χ1) is 29.8. The van der Waals surface area contributed by atoms with Gasteiger partial charge in [0, 0.05) is 27.8 Å². The molecule has 0 bridgehead atoms. The molecule has 0 atom stereocenters. The molecule has 0 aromatic heterocycles. The molecule has 8 aromatic carbocycles. The van der Waals surface area contributed by atoms with Crippen molar-refractivity contribution in [3.63, 3.8) is 0 Å². The maximum Gasteiger partial charge on any atom is 0.0540 e. The smallest absolute Gasteiger partial charge is 0.0540 e. The topological polar surface area (TPSA) is 3.24 Å². The Morgan fingerprint density at radius 3 is 1.75 bits per heavy atom. The molecule has 0 radical (unpaired) electrons. The first kappa shape index (κ1) is 37.6. The van der Waals surface area contributed by atoms with Gasteiger partial charge < -0.3 is 4.90 Å². The highest BCUT2D eigenvalue weighted by Gasteiger charge is 2.39. The van der Waals surface area contributed by atoms with E-state index in [0.29, 0.717) is 5.92 Å². The third-order valence-corrected chi connectivity index (χ3v) is 14.5. The number of hydrogen-bond donors (Lipinski definition) is 0. The van der Waals surface area contributed by atoms with Crippen molar-refractivity contribution in [2.24, 2.45) is 0 Å². The van der Waals surface area contributed by atoms with Gasteiger partial charge in [0.05, 0.1) is 5.69 Å². The summed E-state index contributed by atoms with van der Waals surface area (Å²) in [5, 5.41) is 0. The SMILES string of the molecule is CC1(C)c2ccccc2-c2cc(-c3cccc4c3C(C)(C)c3cc(N(c5ccc(-c6ccccc6)cc5)c5ccccc5-c5ccc(C6CCCCC6)cc5)ccc3-4)ccc21. The van der Waals surface area contributed by atoms with E-state index < -0.39 is 0 Å². The van der Waals surface area contributed by atoms with Crippen LogP contribution in [0.5, 0.6) is 0 Å². The molecule has 1 nitrogen and oxygen atoms in total. The Morgan fingerprint density at radius 2 is 0.967 bits per heavy atom. The summed E-state index contributed by atoms with van der Waals surface area (Å²) in [6.07, 6.45) is 6.68. The summed E-state index contributed by atoms with van der Waals surface area (Å²) in [7, 11) is 0. The number of nitrogens with zero attached hydrogens (tertiary/aromatic N) is 1. The number of hydrogen-bond acceptors (Lipinski definition) is 1. The molecule has 298 valence electrons. The molecular weight excluding hydrogens is 735 g/mol. The van der Waals surface area contributed by atoms with Gasteiger partial charge in [0.2, 0.25) is 0 Å². The molecule has 0 spiro atoms. The van der Waals surface area contributed by atoms with Gasteiger partial charge in [0.15, 0.2) is 0 Å². The van der Waals surface area contributed by atoms with Gasteiger partial charge in [0.1, 0.15) is 0 Å². The van der Waals surface area contributed by atoms with Gasteiger partial charge >= 0.3 is 0 Å². The Morgan fingerprint density at radius 1 is 0.377 bits per heavy atom. The van der Waals surface area contributed by atoms with E-state index in [1.807, 2.05) is 0 Å². The zero-order valence-electron chi connectivity index (χ0n) is 35.9. The van der Waals surface area contributed by atoms with Crippen molar-refractivity contribution < 1.29 is 0 Å². The van der Waals surface area contributed by atoms with Crippen LogP contribution in [0.15, 0.2) is 182 Å². The van der Waals surface area contributed by atoms with Crippen LogP contribution in [0.1, 0.15) is 93.5 Å². The maximum absolute atomic E-state index is 2.49. The van der Waals surface area contributed by atoms with E-state index >= 15 is 0 Å².